The zero-order valence-electron chi connectivity index (χ0n) is 14.5. The quantitative estimate of drug-likeness (QED) is 0.497. The van der Waals surface area contributed by atoms with Crippen LogP contribution in [-0.4, -0.2) is 22.8 Å². The maximum Gasteiger partial charge on any atom is 0.308 e. The van der Waals surface area contributed by atoms with E-state index in [1.54, 1.807) is 6.08 Å². The number of carbonyl (C=O) groups excluding carboxylic acids is 2. The lowest BCUT2D eigenvalue weighted by atomic mass is 10.0. The number of carboxylic acid groups (broad SMARTS) is 1. The van der Waals surface area contributed by atoms with Gasteiger partial charge in [0.2, 0.25) is 5.78 Å². The second kappa shape index (κ2) is 7.70. The van der Waals surface area contributed by atoms with Crippen molar-refractivity contribution in [1.82, 2.24) is 0 Å². The molecule has 0 amide bonds. The highest BCUT2D eigenvalue weighted by atomic mass is 16.5. The van der Waals surface area contributed by atoms with E-state index in [9.17, 15) is 14.4 Å². The lowest BCUT2D eigenvalue weighted by molar-refractivity contribution is -0.137. The smallest absolute Gasteiger partial charge is 0.308 e. The van der Waals surface area contributed by atoms with Crippen molar-refractivity contribution in [2.75, 3.05) is 0 Å². The topological polar surface area (TPSA) is 89.9 Å². The van der Waals surface area contributed by atoms with E-state index in [1.165, 1.54) is 25.1 Å². The fourth-order valence-electron chi connectivity index (χ4n) is 2.68. The minimum absolute atomic E-state index is 0.0672. The number of aliphatic carboxylic acids is 1. The number of rotatable bonds is 5. The second-order valence-electron chi connectivity index (χ2n) is 5.81. The van der Waals surface area contributed by atoms with Gasteiger partial charge in [-0.1, -0.05) is 42.5 Å². The average Bonchev–Trinajstić information content (AvgIpc) is 2.94. The third kappa shape index (κ3) is 4.12. The summed E-state index contributed by atoms with van der Waals surface area (Å²) in [6.45, 7) is 1.21. The maximum atomic E-state index is 12.5. The number of ketones is 1. The number of carboxylic acids is 1. The molecule has 0 bridgehead atoms. The summed E-state index contributed by atoms with van der Waals surface area (Å²) in [5, 5.41) is 9.15. The van der Waals surface area contributed by atoms with Gasteiger partial charge in [0.25, 0.3) is 0 Å². The first kappa shape index (κ1) is 18.1. The Morgan fingerprint density at radius 1 is 1.15 bits per heavy atom. The van der Waals surface area contributed by atoms with E-state index >= 15 is 0 Å². The molecule has 0 spiro atoms. The van der Waals surface area contributed by atoms with Crippen LogP contribution in [0.2, 0.25) is 0 Å². The fraction of sp³-hybridized carbons (Fsp3) is 0.0952. The van der Waals surface area contributed by atoms with Crippen LogP contribution >= 0.6 is 0 Å². The van der Waals surface area contributed by atoms with Crippen molar-refractivity contribution < 1.29 is 29.0 Å². The average molecular weight is 364 g/mol. The van der Waals surface area contributed by atoms with Crippen LogP contribution in [0.25, 0.3) is 6.08 Å². The van der Waals surface area contributed by atoms with Crippen molar-refractivity contribution in [3.05, 3.63) is 77.1 Å². The largest absolute Gasteiger partial charge is 0.481 e. The second-order valence-corrected chi connectivity index (χ2v) is 5.81. The van der Waals surface area contributed by atoms with Gasteiger partial charge in [0.05, 0.1) is 12.0 Å². The number of allylic oxidation sites excluding steroid dienone is 3. The van der Waals surface area contributed by atoms with Crippen LogP contribution in [0.15, 0.2) is 60.4 Å². The molecule has 6 nitrogen and oxygen atoms in total. The predicted octanol–water partition coefficient (Wildman–Crippen LogP) is 3.41. The van der Waals surface area contributed by atoms with Crippen molar-refractivity contribution in [3.8, 4) is 11.5 Å². The molecule has 1 N–H and O–H groups in total. The summed E-state index contributed by atoms with van der Waals surface area (Å²) in [4.78, 5) is 35.0. The molecule has 1 heterocycles. The summed E-state index contributed by atoms with van der Waals surface area (Å²) < 4.78 is 10.7. The van der Waals surface area contributed by atoms with Crippen molar-refractivity contribution in [2.24, 2.45) is 0 Å². The summed E-state index contributed by atoms with van der Waals surface area (Å²) in [6, 6.07) is 12.4. The van der Waals surface area contributed by atoms with Gasteiger partial charge in [-0.15, -0.1) is 0 Å². The Balaban J connectivity index is 1.93. The lowest BCUT2D eigenvalue weighted by Crippen LogP contribution is -2.08. The minimum Gasteiger partial charge on any atom is -0.481 e. The van der Waals surface area contributed by atoms with Crippen LogP contribution in [0, 0.1) is 0 Å². The Labute approximate surface area is 155 Å². The summed E-state index contributed by atoms with van der Waals surface area (Å²) in [6.07, 6.45) is 4.57. The molecule has 3 rings (SSSR count). The van der Waals surface area contributed by atoms with Crippen molar-refractivity contribution in [3.63, 3.8) is 0 Å². The van der Waals surface area contributed by atoms with Gasteiger partial charge in [0.15, 0.2) is 5.76 Å². The highest BCUT2D eigenvalue weighted by molar-refractivity contribution is 6.13. The molecular weight excluding hydrogens is 348 g/mol. The molecule has 0 unspecified atom stereocenters. The van der Waals surface area contributed by atoms with Crippen LogP contribution in [0.5, 0.6) is 11.5 Å². The van der Waals surface area contributed by atoms with Crippen molar-refractivity contribution in [1.29, 1.82) is 0 Å². The van der Waals surface area contributed by atoms with Gasteiger partial charge in [-0.05, 0) is 23.8 Å². The van der Waals surface area contributed by atoms with Crippen LogP contribution in [0.3, 0.4) is 0 Å². The molecule has 27 heavy (non-hydrogen) atoms. The predicted molar refractivity (Wildman–Crippen MR) is 97.6 cm³/mol. The fourth-order valence-corrected chi connectivity index (χ4v) is 2.68. The highest BCUT2D eigenvalue weighted by Gasteiger charge is 2.32. The van der Waals surface area contributed by atoms with E-state index in [-0.39, 0.29) is 34.2 Å². The third-order valence-electron chi connectivity index (χ3n) is 3.82. The molecular formula is C21H16O6. The molecule has 1 aliphatic heterocycles. The molecule has 0 aromatic heterocycles. The number of hydrogen-bond donors (Lipinski definition) is 1. The molecule has 0 aliphatic carbocycles. The molecule has 0 radical (unpaired) electrons. The lowest BCUT2D eigenvalue weighted by Gasteiger charge is -2.10. The molecule has 0 saturated carbocycles. The van der Waals surface area contributed by atoms with E-state index in [0.29, 0.717) is 0 Å². The van der Waals surface area contributed by atoms with Gasteiger partial charge in [-0.25, -0.2) is 0 Å². The molecule has 6 heteroatoms. The Morgan fingerprint density at radius 2 is 1.89 bits per heavy atom. The van der Waals surface area contributed by atoms with Gasteiger partial charge >= 0.3 is 11.9 Å². The van der Waals surface area contributed by atoms with Gasteiger partial charge in [0.1, 0.15) is 11.5 Å². The zero-order chi connectivity index (χ0) is 19.4. The van der Waals surface area contributed by atoms with E-state index in [1.807, 2.05) is 36.4 Å². The molecule has 2 aromatic carbocycles. The number of carbonyl (C=O) groups is 3. The van der Waals surface area contributed by atoms with E-state index in [0.717, 1.165) is 5.56 Å². The van der Waals surface area contributed by atoms with Crippen molar-refractivity contribution >= 4 is 23.8 Å². The molecule has 136 valence electrons. The van der Waals surface area contributed by atoms with Gasteiger partial charge in [-0.2, -0.15) is 0 Å². The van der Waals surface area contributed by atoms with Crippen LogP contribution < -0.4 is 9.47 Å². The monoisotopic (exact) mass is 364 g/mol. The maximum absolute atomic E-state index is 12.5. The first-order valence-corrected chi connectivity index (χ1v) is 8.17. The Morgan fingerprint density at radius 3 is 2.56 bits per heavy atom. The van der Waals surface area contributed by atoms with Crippen LogP contribution in [0.1, 0.15) is 28.4 Å². The Hall–Kier alpha value is -3.67. The zero-order valence-corrected chi connectivity index (χ0v) is 14.5. The first-order chi connectivity index (χ1) is 13.0. The first-order valence-electron chi connectivity index (χ1n) is 8.17. The summed E-state index contributed by atoms with van der Waals surface area (Å²) in [7, 11) is 0. The van der Waals surface area contributed by atoms with Gasteiger partial charge < -0.3 is 14.6 Å². The van der Waals surface area contributed by atoms with Crippen LogP contribution in [-0.2, 0) is 16.0 Å². The minimum atomic E-state index is -1.13. The van der Waals surface area contributed by atoms with Crippen molar-refractivity contribution in [2.45, 2.75) is 13.3 Å². The highest BCUT2D eigenvalue weighted by Crippen LogP contribution is 2.39. The Bertz CT molecular complexity index is 970. The number of ether oxygens (including phenoxy) is 2. The van der Waals surface area contributed by atoms with Gasteiger partial charge in [0, 0.05) is 12.5 Å². The van der Waals surface area contributed by atoms with E-state index in [4.69, 9.17) is 14.6 Å². The number of fused-ring (bicyclic) bond motifs is 1. The number of Topliss-reactive ketones (excluding diaryl/α,β-unsaturated/α-hetero) is 1. The number of esters is 1. The third-order valence-corrected chi connectivity index (χ3v) is 3.82. The van der Waals surface area contributed by atoms with E-state index in [2.05, 4.69) is 0 Å². The normalized spacial score (nSPS) is 14.3. The van der Waals surface area contributed by atoms with E-state index < -0.39 is 18.4 Å². The summed E-state index contributed by atoms with van der Waals surface area (Å²) >= 11 is 0. The standard InChI is InChI=1S/C21H16O6/c1-13(22)26-17-11-10-15-20(25)18(27-21(15)16(17)12-19(23)24)9-5-8-14-6-3-2-4-7-14/h2-11H,12H2,1H3,(H,23,24). The molecule has 2 aromatic rings. The Kier molecular flexibility index (Phi) is 5.17. The molecule has 0 saturated heterocycles. The molecule has 1 aliphatic rings. The number of hydrogen-bond acceptors (Lipinski definition) is 5. The SMILES string of the molecule is CC(=O)Oc1ccc2c(c1CC(=O)O)OC(=CC=Cc1ccccc1)C2=O. The molecule has 0 fully saturated rings. The van der Waals surface area contributed by atoms with Crippen LogP contribution in [0.4, 0.5) is 0 Å². The number of benzene rings is 2. The summed E-state index contributed by atoms with van der Waals surface area (Å²) in [5.41, 5.74) is 1.35. The summed E-state index contributed by atoms with van der Waals surface area (Å²) in [5.74, 6) is -1.83. The van der Waals surface area contributed by atoms with Gasteiger partial charge in [-0.3, -0.25) is 14.4 Å². The molecule has 0 atom stereocenters.